The summed E-state index contributed by atoms with van der Waals surface area (Å²) in [5, 5.41) is 2.59. The Kier molecular flexibility index (Phi) is 3.27. The molecule has 0 spiro atoms. The maximum absolute atomic E-state index is 13.0. The second-order valence-electron chi connectivity index (χ2n) is 3.54. The van der Waals surface area contributed by atoms with Crippen molar-refractivity contribution in [2.24, 2.45) is 0 Å². The molecular formula is C12H12FNO3. The Labute approximate surface area is 98.0 Å². The SMILES string of the molecule is C=CCNC(=O)C1COc2ccc(F)cc2O1. The van der Waals surface area contributed by atoms with Crippen LogP contribution in [-0.2, 0) is 4.79 Å². The molecule has 1 amide bonds. The normalized spacial score (nSPS) is 17.4. The second kappa shape index (κ2) is 4.86. The molecule has 90 valence electrons. The molecule has 1 heterocycles. The Morgan fingerprint density at radius 3 is 3.18 bits per heavy atom. The standard InChI is InChI=1S/C12H12FNO3/c1-2-5-14-12(15)11-7-16-9-4-3-8(13)6-10(9)17-11/h2-4,6,11H,1,5,7H2,(H,14,15). The molecule has 1 aromatic rings. The highest BCUT2D eigenvalue weighted by molar-refractivity contribution is 5.81. The van der Waals surface area contributed by atoms with E-state index in [1.54, 1.807) is 6.08 Å². The first-order valence-electron chi connectivity index (χ1n) is 5.18. The number of amides is 1. The van der Waals surface area contributed by atoms with Crippen molar-refractivity contribution in [3.63, 3.8) is 0 Å². The number of hydrogen-bond acceptors (Lipinski definition) is 3. The smallest absolute Gasteiger partial charge is 0.264 e. The van der Waals surface area contributed by atoms with Crippen LogP contribution >= 0.6 is 0 Å². The number of halogens is 1. The van der Waals surface area contributed by atoms with E-state index < -0.39 is 11.9 Å². The zero-order chi connectivity index (χ0) is 12.3. The fraction of sp³-hybridized carbons (Fsp3) is 0.250. The van der Waals surface area contributed by atoms with Crippen molar-refractivity contribution in [2.45, 2.75) is 6.10 Å². The van der Waals surface area contributed by atoms with Crippen LogP contribution in [0.3, 0.4) is 0 Å². The van der Waals surface area contributed by atoms with Crippen molar-refractivity contribution in [3.05, 3.63) is 36.7 Å². The van der Waals surface area contributed by atoms with Crippen molar-refractivity contribution in [2.75, 3.05) is 13.2 Å². The fourth-order valence-corrected chi connectivity index (χ4v) is 1.46. The van der Waals surface area contributed by atoms with E-state index in [1.807, 2.05) is 0 Å². The Balaban J connectivity index is 2.07. The van der Waals surface area contributed by atoms with Gasteiger partial charge in [0, 0.05) is 12.6 Å². The molecule has 0 bridgehead atoms. The van der Waals surface area contributed by atoms with E-state index >= 15 is 0 Å². The minimum absolute atomic E-state index is 0.113. The first-order chi connectivity index (χ1) is 8.20. The first kappa shape index (κ1) is 11.4. The number of rotatable bonds is 3. The molecule has 1 aromatic carbocycles. The lowest BCUT2D eigenvalue weighted by molar-refractivity contribution is -0.130. The van der Waals surface area contributed by atoms with Gasteiger partial charge in [0.15, 0.2) is 11.5 Å². The molecular weight excluding hydrogens is 225 g/mol. The van der Waals surface area contributed by atoms with Crippen molar-refractivity contribution in [1.29, 1.82) is 0 Å². The Morgan fingerprint density at radius 1 is 1.59 bits per heavy atom. The summed E-state index contributed by atoms with van der Waals surface area (Å²) in [7, 11) is 0. The van der Waals surface area contributed by atoms with Crippen LogP contribution in [0.4, 0.5) is 4.39 Å². The third-order valence-corrected chi connectivity index (χ3v) is 2.28. The molecule has 1 aliphatic heterocycles. The van der Waals surface area contributed by atoms with E-state index in [-0.39, 0.29) is 18.3 Å². The lowest BCUT2D eigenvalue weighted by Crippen LogP contribution is -2.44. The quantitative estimate of drug-likeness (QED) is 0.805. The van der Waals surface area contributed by atoms with Gasteiger partial charge in [-0.05, 0) is 12.1 Å². The molecule has 1 N–H and O–H groups in total. The Bertz CT molecular complexity index is 447. The van der Waals surface area contributed by atoms with Crippen LogP contribution < -0.4 is 14.8 Å². The van der Waals surface area contributed by atoms with Crippen LogP contribution in [0.2, 0.25) is 0 Å². The number of carbonyl (C=O) groups is 1. The average Bonchev–Trinajstić information content (AvgIpc) is 2.35. The molecule has 0 saturated heterocycles. The molecule has 0 aliphatic carbocycles. The van der Waals surface area contributed by atoms with Gasteiger partial charge < -0.3 is 14.8 Å². The zero-order valence-electron chi connectivity index (χ0n) is 9.11. The lowest BCUT2D eigenvalue weighted by Gasteiger charge is -2.25. The summed E-state index contributed by atoms with van der Waals surface area (Å²) in [6.07, 6.45) is 0.805. The Hall–Kier alpha value is -2.04. The van der Waals surface area contributed by atoms with E-state index in [4.69, 9.17) is 9.47 Å². The third-order valence-electron chi connectivity index (χ3n) is 2.28. The molecule has 4 nitrogen and oxygen atoms in total. The van der Waals surface area contributed by atoms with Crippen molar-refractivity contribution in [3.8, 4) is 11.5 Å². The second-order valence-corrected chi connectivity index (χ2v) is 3.54. The molecule has 1 unspecified atom stereocenters. The van der Waals surface area contributed by atoms with Gasteiger partial charge >= 0.3 is 0 Å². The minimum atomic E-state index is -0.760. The van der Waals surface area contributed by atoms with Gasteiger partial charge in [0.05, 0.1) is 0 Å². The molecule has 2 rings (SSSR count). The number of fused-ring (bicyclic) bond motifs is 1. The molecule has 1 atom stereocenters. The van der Waals surface area contributed by atoms with Crippen LogP contribution in [0.15, 0.2) is 30.9 Å². The largest absolute Gasteiger partial charge is 0.485 e. The summed E-state index contributed by atoms with van der Waals surface area (Å²) in [5.74, 6) is -0.0477. The summed E-state index contributed by atoms with van der Waals surface area (Å²) in [5.41, 5.74) is 0. The summed E-state index contributed by atoms with van der Waals surface area (Å²) < 4.78 is 23.7. The number of benzene rings is 1. The Morgan fingerprint density at radius 2 is 2.41 bits per heavy atom. The van der Waals surface area contributed by atoms with Gasteiger partial charge in [-0.25, -0.2) is 4.39 Å². The van der Waals surface area contributed by atoms with Gasteiger partial charge in [-0.1, -0.05) is 6.08 Å². The fourth-order valence-electron chi connectivity index (χ4n) is 1.46. The van der Waals surface area contributed by atoms with E-state index in [0.717, 1.165) is 0 Å². The van der Waals surface area contributed by atoms with E-state index in [0.29, 0.717) is 12.3 Å². The maximum Gasteiger partial charge on any atom is 0.264 e. The van der Waals surface area contributed by atoms with Gasteiger partial charge in [0.2, 0.25) is 6.10 Å². The van der Waals surface area contributed by atoms with Gasteiger partial charge in [0.1, 0.15) is 12.4 Å². The van der Waals surface area contributed by atoms with Crippen LogP contribution in [0.25, 0.3) is 0 Å². The molecule has 0 saturated carbocycles. The molecule has 17 heavy (non-hydrogen) atoms. The summed E-state index contributed by atoms with van der Waals surface area (Å²) in [4.78, 5) is 11.6. The maximum atomic E-state index is 13.0. The minimum Gasteiger partial charge on any atom is -0.485 e. The summed E-state index contributed by atoms with van der Waals surface area (Å²) >= 11 is 0. The monoisotopic (exact) mass is 237 g/mol. The number of nitrogens with one attached hydrogen (secondary N) is 1. The van der Waals surface area contributed by atoms with Crippen molar-refractivity contribution < 1.29 is 18.7 Å². The molecule has 0 aromatic heterocycles. The highest BCUT2D eigenvalue weighted by Crippen LogP contribution is 2.32. The summed E-state index contributed by atoms with van der Waals surface area (Å²) in [6.45, 7) is 3.96. The van der Waals surface area contributed by atoms with E-state index in [2.05, 4.69) is 11.9 Å². The van der Waals surface area contributed by atoms with Gasteiger partial charge in [-0.15, -0.1) is 6.58 Å². The highest BCUT2D eigenvalue weighted by atomic mass is 19.1. The summed E-state index contributed by atoms with van der Waals surface area (Å²) in [6, 6.07) is 3.95. The third kappa shape index (κ3) is 2.55. The van der Waals surface area contributed by atoms with Crippen LogP contribution in [-0.4, -0.2) is 25.2 Å². The highest BCUT2D eigenvalue weighted by Gasteiger charge is 2.27. The molecule has 1 aliphatic rings. The number of ether oxygens (including phenoxy) is 2. The lowest BCUT2D eigenvalue weighted by atomic mass is 10.2. The number of hydrogen-bond donors (Lipinski definition) is 1. The number of carbonyl (C=O) groups excluding carboxylic acids is 1. The van der Waals surface area contributed by atoms with Crippen molar-refractivity contribution >= 4 is 5.91 Å². The van der Waals surface area contributed by atoms with Gasteiger partial charge in [-0.3, -0.25) is 4.79 Å². The predicted octanol–water partition coefficient (Wildman–Crippen LogP) is 1.27. The average molecular weight is 237 g/mol. The van der Waals surface area contributed by atoms with Crippen molar-refractivity contribution in [1.82, 2.24) is 5.32 Å². The zero-order valence-corrected chi connectivity index (χ0v) is 9.11. The predicted molar refractivity (Wildman–Crippen MR) is 59.5 cm³/mol. The topological polar surface area (TPSA) is 47.6 Å². The molecule has 0 radical (unpaired) electrons. The van der Waals surface area contributed by atoms with E-state index in [9.17, 15) is 9.18 Å². The molecule has 5 heteroatoms. The van der Waals surface area contributed by atoms with E-state index in [1.165, 1.54) is 18.2 Å². The van der Waals surface area contributed by atoms with Crippen LogP contribution in [0, 0.1) is 5.82 Å². The first-order valence-corrected chi connectivity index (χ1v) is 5.18. The van der Waals surface area contributed by atoms with Gasteiger partial charge in [0.25, 0.3) is 5.91 Å². The van der Waals surface area contributed by atoms with Gasteiger partial charge in [-0.2, -0.15) is 0 Å². The van der Waals surface area contributed by atoms with Crippen LogP contribution in [0.5, 0.6) is 11.5 Å². The molecule has 0 fully saturated rings. The van der Waals surface area contributed by atoms with Crippen LogP contribution in [0.1, 0.15) is 0 Å².